The van der Waals surface area contributed by atoms with Crippen molar-refractivity contribution in [2.45, 2.75) is 12.3 Å². The summed E-state index contributed by atoms with van der Waals surface area (Å²) < 4.78 is 42.9. The molecule has 136 valence electrons. The van der Waals surface area contributed by atoms with Gasteiger partial charge in [-0.05, 0) is 35.7 Å². The van der Waals surface area contributed by atoms with Crippen LogP contribution in [0, 0.1) is 0 Å². The fourth-order valence-corrected chi connectivity index (χ4v) is 2.82. The maximum absolute atomic E-state index is 12.5. The van der Waals surface area contributed by atoms with Gasteiger partial charge in [-0.2, -0.15) is 24.5 Å². The Labute approximate surface area is 150 Å². The third kappa shape index (κ3) is 4.12. The summed E-state index contributed by atoms with van der Waals surface area (Å²) in [6.45, 7) is -0.156. The normalized spacial score (nSPS) is 12.8. The molecule has 1 atom stereocenters. The van der Waals surface area contributed by atoms with Crippen molar-refractivity contribution < 1.29 is 27.5 Å². The van der Waals surface area contributed by atoms with E-state index in [1.165, 1.54) is 11.3 Å². The van der Waals surface area contributed by atoms with Gasteiger partial charge in [-0.15, -0.1) is 0 Å². The summed E-state index contributed by atoms with van der Waals surface area (Å²) in [7, 11) is 0. The lowest BCUT2D eigenvalue weighted by atomic mass is 10.2. The topological polar surface area (TPSA) is 75.4 Å². The number of pyridine rings is 1. The van der Waals surface area contributed by atoms with Crippen molar-refractivity contribution in [3.8, 4) is 11.3 Å². The molecule has 0 aromatic carbocycles. The highest BCUT2D eigenvalue weighted by Crippen LogP contribution is 2.28. The smallest absolute Gasteiger partial charge is 0.433 e. The van der Waals surface area contributed by atoms with E-state index in [9.17, 15) is 23.1 Å². The predicted molar refractivity (Wildman–Crippen MR) is 88.6 cm³/mol. The van der Waals surface area contributed by atoms with Gasteiger partial charge in [-0.25, -0.2) is 0 Å². The Morgan fingerprint density at radius 3 is 2.69 bits per heavy atom. The zero-order chi connectivity index (χ0) is 18.7. The Hall–Kier alpha value is -2.65. The fourth-order valence-electron chi connectivity index (χ4n) is 2.18. The minimum Gasteiger partial charge on any atom is -0.458 e. The fraction of sp³-hybridized carbons (Fsp3) is 0.176. The van der Waals surface area contributed by atoms with Crippen LogP contribution in [0.2, 0.25) is 0 Å². The van der Waals surface area contributed by atoms with Crippen molar-refractivity contribution in [1.29, 1.82) is 0 Å². The van der Waals surface area contributed by atoms with Gasteiger partial charge < -0.3 is 14.8 Å². The molecule has 0 aliphatic rings. The monoisotopic (exact) mass is 382 g/mol. The molecule has 3 aromatic rings. The number of aromatic nitrogens is 1. The first-order valence-corrected chi connectivity index (χ1v) is 8.40. The van der Waals surface area contributed by atoms with Crippen LogP contribution in [-0.2, 0) is 6.18 Å². The zero-order valence-corrected chi connectivity index (χ0v) is 14.0. The molecule has 1 unspecified atom stereocenters. The van der Waals surface area contributed by atoms with Gasteiger partial charge in [0, 0.05) is 17.1 Å². The van der Waals surface area contributed by atoms with Crippen molar-refractivity contribution in [1.82, 2.24) is 10.3 Å². The van der Waals surface area contributed by atoms with Gasteiger partial charge in [0.15, 0.2) is 0 Å². The van der Waals surface area contributed by atoms with E-state index in [1.54, 1.807) is 12.1 Å². The summed E-state index contributed by atoms with van der Waals surface area (Å²) in [5.74, 6) is 0.227. The molecule has 2 N–H and O–H groups in total. The summed E-state index contributed by atoms with van der Waals surface area (Å²) in [5, 5.41) is 16.3. The van der Waals surface area contributed by atoms with Crippen LogP contribution >= 0.6 is 11.3 Å². The molecule has 0 saturated heterocycles. The lowest BCUT2D eigenvalue weighted by molar-refractivity contribution is -0.141. The van der Waals surface area contributed by atoms with E-state index in [4.69, 9.17) is 4.42 Å². The molecule has 0 saturated carbocycles. The summed E-state index contributed by atoms with van der Waals surface area (Å²) >= 11 is 1.51. The van der Waals surface area contributed by atoms with Crippen molar-refractivity contribution in [3.05, 3.63) is 64.3 Å². The number of nitrogens with zero attached hydrogens (tertiary/aromatic N) is 1. The van der Waals surface area contributed by atoms with E-state index in [-0.39, 0.29) is 17.9 Å². The second kappa shape index (κ2) is 7.30. The average molecular weight is 382 g/mol. The number of rotatable bonds is 5. The number of nitrogens with one attached hydrogen (secondary N) is 1. The van der Waals surface area contributed by atoms with Crippen LogP contribution in [0.3, 0.4) is 0 Å². The number of alkyl halides is 3. The van der Waals surface area contributed by atoms with Crippen LogP contribution in [0.1, 0.15) is 27.9 Å². The Balaban J connectivity index is 1.59. The van der Waals surface area contributed by atoms with Gasteiger partial charge in [-0.3, -0.25) is 9.78 Å². The second-order valence-corrected chi connectivity index (χ2v) is 6.15. The Kier molecular flexibility index (Phi) is 5.10. The standard InChI is InChI=1S/C17H13F3N2O3S/c18-17(19,20)15-4-1-10(7-21-15)16(24)22-8-12(23)14-3-2-13(25-14)11-5-6-26-9-11/h1-7,9,12,23H,8H2,(H,22,24). The number of hydrogen-bond acceptors (Lipinski definition) is 5. The summed E-state index contributed by atoms with van der Waals surface area (Å²) in [6, 6.07) is 6.94. The number of amides is 1. The Morgan fingerprint density at radius 1 is 1.27 bits per heavy atom. The van der Waals surface area contributed by atoms with E-state index in [0.717, 1.165) is 23.9 Å². The number of aliphatic hydroxyl groups excluding tert-OH is 1. The number of carbonyl (C=O) groups excluding carboxylic acids is 1. The third-order valence-corrected chi connectivity index (χ3v) is 4.22. The minimum absolute atomic E-state index is 0.0383. The predicted octanol–water partition coefficient (Wildman–Crippen LogP) is 3.89. The van der Waals surface area contributed by atoms with Gasteiger partial charge in [0.2, 0.25) is 0 Å². The number of hydrogen-bond donors (Lipinski definition) is 2. The number of aliphatic hydroxyl groups is 1. The number of thiophene rings is 1. The molecule has 26 heavy (non-hydrogen) atoms. The van der Waals surface area contributed by atoms with E-state index >= 15 is 0 Å². The van der Waals surface area contributed by atoms with Gasteiger partial charge in [-0.1, -0.05) is 0 Å². The highest BCUT2D eigenvalue weighted by molar-refractivity contribution is 7.08. The van der Waals surface area contributed by atoms with Crippen molar-refractivity contribution in [2.24, 2.45) is 0 Å². The van der Waals surface area contributed by atoms with Crippen LogP contribution in [0.15, 0.2) is 51.7 Å². The highest BCUT2D eigenvalue weighted by atomic mass is 32.1. The Bertz CT molecular complexity index is 874. The van der Waals surface area contributed by atoms with Crippen molar-refractivity contribution in [2.75, 3.05) is 6.54 Å². The van der Waals surface area contributed by atoms with Crippen LogP contribution in [0.5, 0.6) is 0 Å². The van der Waals surface area contributed by atoms with Crippen LogP contribution < -0.4 is 5.32 Å². The largest absolute Gasteiger partial charge is 0.458 e. The molecule has 9 heteroatoms. The molecule has 0 spiro atoms. The molecule has 0 aliphatic heterocycles. The van der Waals surface area contributed by atoms with E-state index < -0.39 is 23.9 Å². The molecule has 0 radical (unpaired) electrons. The average Bonchev–Trinajstić information content (AvgIpc) is 3.29. The zero-order valence-electron chi connectivity index (χ0n) is 13.2. The third-order valence-electron chi connectivity index (χ3n) is 3.53. The summed E-state index contributed by atoms with van der Waals surface area (Å²) in [4.78, 5) is 15.2. The Morgan fingerprint density at radius 2 is 2.08 bits per heavy atom. The minimum atomic E-state index is -4.56. The molecule has 5 nitrogen and oxygen atoms in total. The SMILES string of the molecule is O=C(NCC(O)c1ccc(-c2ccsc2)o1)c1ccc(C(F)(F)F)nc1. The molecule has 3 rings (SSSR count). The lowest BCUT2D eigenvalue weighted by Gasteiger charge is -2.10. The van der Waals surface area contributed by atoms with Crippen LogP contribution in [0.25, 0.3) is 11.3 Å². The number of furan rings is 1. The molecule has 1 amide bonds. The maximum atomic E-state index is 12.5. The van der Waals surface area contributed by atoms with Gasteiger partial charge >= 0.3 is 6.18 Å². The van der Waals surface area contributed by atoms with Gasteiger partial charge in [0.25, 0.3) is 5.91 Å². The molecular formula is C17H13F3N2O3S. The van der Waals surface area contributed by atoms with Gasteiger partial charge in [0.05, 0.1) is 12.1 Å². The highest BCUT2D eigenvalue weighted by Gasteiger charge is 2.32. The molecular weight excluding hydrogens is 369 g/mol. The summed E-state index contributed by atoms with van der Waals surface area (Å²) in [6.07, 6.45) is -4.81. The van der Waals surface area contributed by atoms with E-state index in [2.05, 4.69) is 10.3 Å². The first-order valence-electron chi connectivity index (χ1n) is 7.46. The second-order valence-electron chi connectivity index (χ2n) is 5.37. The molecule has 0 fully saturated rings. The molecule has 0 bridgehead atoms. The first-order chi connectivity index (χ1) is 12.3. The first kappa shape index (κ1) is 18.2. The summed E-state index contributed by atoms with van der Waals surface area (Å²) in [5.41, 5.74) is -0.234. The van der Waals surface area contributed by atoms with E-state index in [1.807, 2.05) is 16.8 Å². The quantitative estimate of drug-likeness (QED) is 0.702. The van der Waals surface area contributed by atoms with Crippen molar-refractivity contribution in [3.63, 3.8) is 0 Å². The van der Waals surface area contributed by atoms with Crippen LogP contribution in [-0.4, -0.2) is 22.5 Å². The molecule has 0 aliphatic carbocycles. The van der Waals surface area contributed by atoms with E-state index in [0.29, 0.717) is 5.76 Å². The molecule has 3 heterocycles. The molecule has 3 aromatic heterocycles. The maximum Gasteiger partial charge on any atom is 0.433 e. The van der Waals surface area contributed by atoms with Crippen molar-refractivity contribution >= 4 is 17.2 Å². The van der Waals surface area contributed by atoms with Gasteiger partial charge in [0.1, 0.15) is 23.3 Å². The van der Waals surface area contributed by atoms with Crippen LogP contribution in [0.4, 0.5) is 13.2 Å². The number of halogens is 3. The number of carbonyl (C=O) groups is 1. The lowest BCUT2D eigenvalue weighted by Crippen LogP contribution is -2.28.